The van der Waals surface area contributed by atoms with Crippen molar-refractivity contribution in [3.63, 3.8) is 0 Å². The van der Waals surface area contributed by atoms with Crippen LogP contribution in [0.1, 0.15) is 13.3 Å². The van der Waals surface area contributed by atoms with E-state index < -0.39 is 0 Å². The smallest absolute Gasteiger partial charge is 0.237 e. The van der Waals surface area contributed by atoms with Gasteiger partial charge in [-0.05, 0) is 37.2 Å². The standard InChI is InChI=1S/C14H19BrN2O2/c1-2-17(13-7-8-16-14(13)18)9-10-19-12-5-3-11(15)4-6-12/h3-6,13H,2,7-10H2,1H3,(H,16,18)/t13-/m0/s1. The van der Waals surface area contributed by atoms with Gasteiger partial charge in [-0.15, -0.1) is 0 Å². The molecule has 1 amide bonds. The van der Waals surface area contributed by atoms with Crippen LogP contribution in [0.15, 0.2) is 28.7 Å². The molecule has 0 radical (unpaired) electrons. The molecule has 0 aromatic heterocycles. The Hall–Kier alpha value is -1.07. The number of ether oxygens (including phenoxy) is 1. The van der Waals surface area contributed by atoms with E-state index in [9.17, 15) is 4.79 Å². The Morgan fingerprint density at radius 1 is 1.42 bits per heavy atom. The summed E-state index contributed by atoms with van der Waals surface area (Å²) < 4.78 is 6.73. The Balaban J connectivity index is 1.80. The molecule has 0 aliphatic carbocycles. The highest BCUT2D eigenvalue weighted by Crippen LogP contribution is 2.16. The van der Waals surface area contributed by atoms with Crippen molar-refractivity contribution in [3.05, 3.63) is 28.7 Å². The van der Waals surface area contributed by atoms with Gasteiger partial charge < -0.3 is 10.1 Å². The van der Waals surface area contributed by atoms with Gasteiger partial charge in [0, 0.05) is 17.6 Å². The Kier molecular flexibility index (Phi) is 5.22. The molecule has 1 aliphatic heterocycles. The van der Waals surface area contributed by atoms with Crippen LogP contribution in [0.5, 0.6) is 5.75 Å². The molecule has 0 spiro atoms. The fourth-order valence-electron chi connectivity index (χ4n) is 2.28. The predicted octanol–water partition coefficient (Wildman–Crippen LogP) is 2.04. The first-order valence-electron chi connectivity index (χ1n) is 6.61. The predicted molar refractivity (Wildman–Crippen MR) is 78.3 cm³/mol. The van der Waals surface area contributed by atoms with Gasteiger partial charge >= 0.3 is 0 Å². The molecule has 104 valence electrons. The third-order valence-corrected chi connectivity index (χ3v) is 3.86. The first-order chi connectivity index (χ1) is 9.20. The summed E-state index contributed by atoms with van der Waals surface area (Å²) in [5, 5.41) is 2.87. The number of nitrogens with one attached hydrogen (secondary N) is 1. The van der Waals surface area contributed by atoms with Crippen molar-refractivity contribution in [2.24, 2.45) is 0 Å². The molecule has 0 saturated carbocycles. The van der Waals surface area contributed by atoms with Crippen molar-refractivity contribution < 1.29 is 9.53 Å². The van der Waals surface area contributed by atoms with Crippen molar-refractivity contribution in [2.45, 2.75) is 19.4 Å². The molecule has 1 aliphatic rings. The third kappa shape index (κ3) is 3.94. The number of rotatable bonds is 6. The van der Waals surface area contributed by atoms with Crippen LogP contribution in [0.3, 0.4) is 0 Å². The quantitative estimate of drug-likeness (QED) is 0.869. The number of nitrogens with zero attached hydrogens (tertiary/aromatic N) is 1. The number of amides is 1. The minimum absolute atomic E-state index is 0.0125. The molecule has 0 unspecified atom stereocenters. The second-order valence-electron chi connectivity index (χ2n) is 4.53. The van der Waals surface area contributed by atoms with Gasteiger partial charge in [0.1, 0.15) is 12.4 Å². The van der Waals surface area contributed by atoms with Crippen molar-refractivity contribution in [1.29, 1.82) is 0 Å². The Bertz CT molecular complexity index is 422. The monoisotopic (exact) mass is 326 g/mol. The zero-order chi connectivity index (χ0) is 13.7. The molecular weight excluding hydrogens is 308 g/mol. The summed E-state index contributed by atoms with van der Waals surface area (Å²) in [6.07, 6.45) is 0.894. The number of carbonyl (C=O) groups is 1. The van der Waals surface area contributed by atoms with Crippen LogP contribution in [0.2, 0.25) is 0 Å². The third-order valence-electron chi connectivity index (χ3n) is 3.33. The molecule has 1 aromatic carbocycles. The molecule has 1 saturated heterocycles. The Labute approximate surface area is 122 Å². The Morgan fingerprint density at radius 3 is 2.74 bits per heavy atom. The summed E-state index contributed by atoms with van der Waals surface area (Å²) in [5.74, 6) is 1.00. The van der Waals surface area contributed by atoms with Crippen molar-refractivity contribution in [3.8, 4) is 5.75 Å². The number of hydrogen-bond acceptors (Lipinski definition) is 3. The van der Waals surface area contributed by atoms with Crippen molar-refractivity contribution >= 4 is 21.8 Å². The van der Waals surface area contributed by atoms with Gasteiger partial charge in [-0.1, -0.05) is 22.9 Å². The molecule has 1 atom stereocenters. The van der Waals surface area contributed by atoms with Gasteiger partial charge in [-0.2, -0.15) is 0 Å². The van der Waals surface area contributed by atoms with Gasteiger partial charge in [0.25, 0.3) is 0 Å². The second kappa shape index (κ2) is 6.91. The summed E-state index contributed by atoms with van der Waals surface area (Å²) in [6, 6.07) is 7.79. The van der Waals surface area contributed by atoms with Gasteiger partial charge in [0.05, 0.1) is 6.04 Å². The van der Waals surface area contributed by atoms with Crippen LogP contribution < -0.4 is 10.1 Å². The molecule has 1 fully saturated rings. The summed E-state index contributed by atoms with van der Waals surface area (Å²) in [4.78, 5) is 13.8. The zero-order valence-corrected chi connectivity index (χ0v) is 12.6. The minimum Gasteiger partial charge on any atom is -0.492 e. The molecule has 1 aromatic rings. The number of benzene rings is 1. The van der Waals surface area contributed by atoms with Crippen LogP contribution in [0.4, 0.5) is 0 Å². The highest BCUT2D eigenvalue weighted by molar-refractivity contribution is 9.10. The van der Waals surface area contributed by atoms with Crippen LogP contribution in [-0.4, -0.2) is 43.1 Å². The van der Waals surface area contributed by atoms with Crippen LogP contribution in [-0.2, 0) is 4.79 Å². The van der Waals surface area contributed by atoms with E-state index in [-0.39, 0.29) is 11.9 Å². The summed E-state index contributed by atoms with van der Waals surface area (Å²) in [6.45, 7) is 5.09. The van der Waals surface area contributed by atoms with E-state index in [0.717, 1.165) is 36.3 Å². The van der Waals surface area contributed by atoms with E-state index in [2.05, 4.69) is 33.1 Å². The molecule has 2 rings (SSSR count). The number of hydrogen-bond donors (Lipinski definition) is 1. The van der Waals surface area contributed by atoms with E-state index in [0.29, 0.717) is 6.61 Å². The number of likely N-dealkylation sites (N-methyl/N-ethyl adjacent to an activating group) is 1. The molecule has 19 heavy (non-hydrogen) atoms. The van der Waals surface area contributed by atoms with Crippen LogP contribution in [0.25, 0.3) is 0 Å². The lowest BCUT2D eigenvalue weighted by molar-refractivity contribution is -0.123. The zero-order valence-electron chi connectivity index (χ0n) is 11.1. The minimum atomic E-state index is 0.0125. The first-order valence-corrected chi connectivity index (χ1v) is 7.40. The van der Waals surface area contributed by atoms with Crippen molar-refractivity contribution in [2.75, 3.05) is 26.2 Å². The van der Waals surface area contributed by atoms with E-state index in [1.165, 1.54) is 0 Å². The lowest BCUT2D eigenvalue weighted by Gasteiger charge is -2.25. The summed E-state index contributed by atoms with van der Waals surface area (Å²) in [5.41, 5.74) is 0. The molecule has 4 nitrogen and oxygen atoms in total. The number of halogens is 1. The van der Waals surface area contributed by atoms with E-state index in [4.69, 9.17) is 4.74 Å². The largest absolute Gasteiger partial charge is 0.492 e. The molecule has 5 heteroatoms. The lowest BCUT2D eigenvalue weighted by Crippen LogP contribution is -2.42. The average Bonchev–Trinajstić information content (AvgIpc) is 2.83. The van der Waals surface area contributed by atoms with Gasteiger partial charge in [-0.3, -0.25) is 9.69 Å². The van der Waals surface area contributed by atoms with Gasteiger partial charge in [0.15, 0.2) is 0 Å². The lowest BCUT2D eigenvalue weighted by atomic mass is 10.2. The fraction of sp³-hybridized carbons (Fsp3) is 0.500. The highest BCUT2D eigenvalue weighted by atomic mass is 79.9. The van der Waals surface area contributed by atoms with Crippen LogP contribution >= 0.6 is 15.9 Å². The molecule has 0 bridgehead atoms. The normalized spacial score (nSPS) is 18.7. The van der Waals surface area contributed by atoms with E-state index >= 15 is 0 Å². The first kappa shape index (κ1) is 14.3. The maximum atomic E-state index is 11.6. The number of carbonyl (C=O) groups excluding carboxylic acids is 1. The summed E-state index contributed by atoms with van der Waals surface area (Å²) >= 11 is 3.39. The average molecular weight is 327 g/mol. The SMILES string of the molecule is CCN(CCOc1ccc(Br)cc1)[C@H]1CCNC1=O. The highest BCUT2D eigenvalue weighted by Gasteiger charge is 2.28. The molecule has 1 N–H and O–H groups in total. The Morgan fingerprint density at radius 2 is 2.16 bits per heavy atom. The second-order valence-corrected chi connectivity index (χ2v) is 5.44. The van der Waals surface area contributed by atoms with Crippen LogP contribution in [0, 0.1) is 0 Å². The molecular formula is C14H19BrN2O2. The topological polar surface area (TPSA) is 41.6 Å². The molecule has 1 heterocycles. The van der Waals surface area contributed by atoms with Gasteiger partial charge in [-0.25, -0.2) is 0 Å². The summed E-state index contributed by atoms with van der Waals surface area (Å²) in [7, 11) is 0. The van der Waals surface area contributed by atoms with E-state index in [1.807, 2.05) is 24.3 Å². The fourth-order valence-corrected chi connectivity index (χ4v) is 2.54. The maximum Gasteiger partial charge on any atom is 0.237 e. The van der Waals surface area contributed by atoms with Crippen molar-refractivity contribution in [1.82, 2.24) is 10.2 Å². The maximum absolute atomic E-state index is 11.6. The van der Waals surface area contributed by atoms with E-state index in [1.54, 1.807) is 0 Å². The van der Waals surface area contributed by atoms with Gasteiger partial charge in [0.2, 0.25) is 5.91 Å².